The van der Waals surface area contributed by atoms with Gasteiger partial charge >= 0.3 is 6.36 Å². The number of alkyl halides is 3. The summed E-state index contributed by atoms with van der Waals surface area (Å²) in [6.45, 7) is 5.75. The number of nitrogens with two attached hydrogens (primary N) is 1. The lowest BCUT2D eigenvalue weighted by atomic mass is 10.0. The average Bonchev–Trinajstić information content (AvgIpc) is 2.39. The fourth-order valence-corrected chi connectivity index (χ4v) is 2.00. The lowest BCUT2D eigenvalue weighted by molar-refractivity contribution is -0.274. The molecule has 0 aliphatic rings. The molecule has 2 rings (SSSR count). The smallest absolute Gasteiger partial charge is 0.486 e. The minimum Gasteiger partial charge on any atom is -0.486 e. The molecule has 0 aliphatic heterocycles. The molecule has 3 nitrogen and oxygen atoms in total. The Morgan fingerprint density at radius 3 is 1.87 bits per heavy atom. The van der Waals surface area contributed by atoms with Crippen LogP contribution in [0.4, 0.5) is 18.9 Å². The molecule has 2 N–H and O–H groups in total. The maximum Gasteiger partial charge on any atom is 0.573 e. The zero-order chi connectivity index (χ0) is 17.3. The van der Waals surface area contributed by atoms with E-state index in [-0.39, 0.29) is 11.4 Å². The molecule has 0 saturated heterocycles. The van der Waals surface area contributed by atoms with E-state index in [2.05, 4.69) is 4.74 Å². The molecule has 0 radical (unpaired) electrons. The van der Waals surface area contributed by atoms with Crippen molar-refractivity contribution in [3.8, 4) is 22.6 Å². The van der Waals surface area contributed by atoms with Crippen molar-refractivity contribution >= 4 is 5.69 Å². The van der Waals surface area contributed by atoms with Crippen molar-refractivity contribution < 1.29 is 22.6 Å². The van der Waals surface area contributed by atoms with E-state index in [1.807, 2.05) is 20.8 Å². The van der Waals surface area contributed by atoms with Gasteiger partial charge in [-0.2, -0.15) is 0 Å². The second-order valence-electron chi connectivity index (χ2n) is 6.04. The van der Waals surface area contributed by atoms with E-state index < -0.39 is 6.36 Å². The predicted octanol–water partition coefficient (Wildman–Crippen LogP) is 5.01. The van der Waals surface area contributed by atoms with Gasteiger partial charge in [0.05, 0.1) is 5.69 Å². The Hall–Kier alpha value is -2.37. The van der Waals surface area contributed by atoms with E-state index in [1.54, 1.807) is 30.3 Å². The van der Waals surface area contributed by atoms with Gasteiger partial charge < -0.3 is 15.2 Å². The summed E-state index contributed by atoms with van der Waals surface area (Å²) < 4.78 is 46.0. The monoisotopic (exact) mass is 325 g/mol. The molecular weight excluding hydrogens is 307 g/mol. The van der Waals surface area contributed by atoms with Crippen molar-refractivity contribution in [1.29, 1.82) is 0 Å². The summed E-state index contributed by atoms with van der Waals surface area (Å²) in [6.07, 6.45) is -4.70. The Morgan fingerprint density at radius 1 is 0.826 bits per heavy atom. The van der Waals surface area contributed by atoms with Gasteiger partial charge in [0.2, 0.25) is 0 Å². The Morgan fingerprint density at radius 2 is 1.39 bits per heavy atom. The first-order valence-electron chi connectivity index (χ1n) is 6.98. The van der Waals surface area contributed by atoms with E-state index >= 15 is 0 Å². The fourth-order valence-electron chi connectivity index (χ4n) is 2.00. The van der Waals surface area contributed by atoms with Gasteiger partial charge in [-0.25, -0.2) is 0 Å². The fraction of sp³-hybridized carbons (Fsp3) is 0.294. The van der Waals surface area contributed by atoms with Gasteiger partial charge in [-0.05, 0) is 56.2 Å². The number of anilines is 1. The molecule has 0 atom stereocenters. The summed E-state index contributed by atoms with van der Waals surface area (Å²) in [5.41, 5.74) is 7.59. The molecule has 0 unspecified atom stereocenters. The second-order valence-corrected chi connectivity index (χ2v) is 6.04. The number of ether oxygens (including phenoxy) is 2. The number of hydrogen-bond acceptors (Lipinski definition) is 3. The third-order valence-corrected chi connectivity index (χ3v) is 2.85. The summed E-state index contributed by atoms with van der Waals surface area (Å²) in [4.78, 5) is 0. The van der Waals surface area contributed by atoms with E-state index in [0.29, 0.717) is 11.4 Å². The van der Waals surface area contributed by atoms with E-state index in [9.17, 15) is 13.2 Å². The van der Waals surface area contributed by atoms with Crippen LogP contribution in [0.3, 0.4) is 0 Å². The molecule has 23 heavy (non-hydrogen) atoms. The Labute approximate surface area is 132 Å². The Bertz CT molecular complexity index is 674. The van der Waals surface area contributed by atoms with Crippen LogP contribution in [0.5, 0.6) is 11.5 Å². The molecule has 0 bridgehead atoms. The van der Waals surface area contributed by atoms with Crippen LogP contribution in [0.15, 0.2) is 42.5 Å². The van der Waals surface area contributed by atoms with Gasteiger partial charge in [-0.15, -0.1) is 13.2 Å². The summed E-state index contributed by atoms with van der Waals surface area (Å²) in [7, 11) is 0. The van der Waals surface area contributed by atoms with Gasteiger partial charge in [-0.3, -0.25) is 0 Å². The number of benzene rings is 2. The first kappa shape index (κ1) is 17.0. The topological polar surface area (TPSA) is 44.5 Å². The van der Waals surface area contributed by atoms with Gasteiger partial charge in [-0.1, -0.05) is 18.2 Å². The van der Waals surface area contributed by atoms with E-state index in [1.165, 1.54) is 12.1 Å². The molecule has 0 saturated carbocycles. The number of rotatable bonds is 3. The number of halogens is 3. The standard InChI is InChI=1S/C17H18F3NO2/c1-16(2,3)23-15-9-6-12(10-14(15)21)11-4-7-13(8-5-11)22-17(18,19)20/h4-10H,21H2,1-3H3. The number of nitrogen functional groups attached to an aromatic ring is 1. The zero-order valence-electron chi connectivity index (χ0n) is 13.1. The normalized spacial score (nSPS) is 12.1. The zero-order valence-corrected chi connectivity index (χ0v) is 13.1. The van der Waals surface area contributed by atoms with Crippen LogP contribution in [0, 0.1) is 0 Å². The lowest BCUT2D eigenvalue weighted by Gasteiger charge is -2.22. The van der Waals surface area contributed by atoms with Crippen molar-refractivity contribution in [3.63, 3.8) is 0 Å². The van der Waals surface area contributed by atoms with Gasteiger partial charge in [0.25, 0.3) is 0 Å². The van der Waals surface area contributed by atoms with Crippen LogP contribution >= 0.6 is 0 Å². The summed E-state index contributed by atoms with van der Waals surface area (Å²) in [6, 6.07) is 10.9. The van der Waals surface area contributed by atoms with Gasteiger partial charge in [0.15, 0.2) is 0 Å². The molecule has 0 amide bonds. The van der Waals surface area contributed by atoms with Crippen LogP contribution in [-0.4, -0.2) is 12.0 Å². The molecule has 0 aromatic heterocycles. The maximum atomic E-state index is 12.1. The molecule has 0 spiro atoms. The summed E-state index contributed by atoms with van der Waals surface area (Å²) in [5, 5.41) is 0. The lowest BCUT2D eigenvalue weighted by Crippen LogP contribution is -2.23. The highest BCUT2D eigenvalue weighted by atomic mass is 19.4. The average molecular weight is 325 g/mol. The van der Waals surface area contributed by atoms with Crippen molar-refractivity contribution in [1.82, 2.24) is 0 Å². The third kappa shape index (κ3) is 5.09. The second kappa shape index (κ2) is 6.02. The molecule has 2 aromatic rings. The van der Waals surface area contributed by atoms with Crippen molar-refractivity contribution in [2.45, 2.75) is 32.7 Å². The first-order valence-corrected chi connectivity index (χ1v) is 6.98. The van der Waals surface area contributed by atoms with Gasteiger partial charge in [0, 0.05) is 0 Å². The van der Waals surface area contributed by atoms with Crippen LogP contribution in [-0.2, 0) is 0 Å². The summed E-state index contributed by atoms with van der Waals surface area (Å²) >= 11 is 0. The minimum atomic E-state index is -4.70. The van der Waals surface area contributed by atoms with Crippen LogP contribution in [0.1, 0.15) is 20.8 Å². The largest absolute Gasteiger partial charge is 0.573 e. The quantitative estimate of drug-likeness (QED) is 0.807. The molecule has 0 heterocycles. The molecule has 0 fully saturated rings. The predicted molar refractivity (Wildman–Crippen MR) is 83.4 cm³/mol. The Balaban J connectivity index is 2.21. The highest BCUT2D eigenvalue weighted by molar-refractivity contribution is 5.71. The highest BCUT2D eigenvalue weighted by Crippen LogP contribution is 2.32. The van der Waals surface area contributed by atoms with Gasteiger partial charge in [0.1, 0.15) is 17.1 Å². The maximum absolute atomic E-state index is 12.1. The van der Waals surface area contributed by atoms with Crippen molar-refractivity contribution in [2.24, 2.45) is 0 Å². The molecule has 0 aliphatic carbocycles. The van der Waals surface area contributed by atoms with Crippen molar-refractivity contribution in [2.75, 3.05) is 5.73 Å². The SMILES string of the molecule is CC(C)(C)Oc1ccc(-c2ccc(OC(F)(F)F)cc2)cc1N. The summed E-state index contributed by atoms with van der Waals surface area (Å²) in [5.74, 6) is 0.306. The van der Waals surface area contributed by atoms with Crippen LogP contribution < -0.4 is 15.2 Å². The van der Waals surface area contributed by atoms with Crippen LogP contribution in [0.25, 0.3) is 11.1 Å². The minimum absolute atomic E-state index is 0.262. The van der Waals surface area contributed by atoms with E-state index in [0.717, 1.165) is 11.1 Å². The van der Waals surface area contributed by atoms with Crippen LogP contribution in [0.2, 0.25) is 0 Å². The number of hydrogen-bond donors (Lipinski definition) is 1. The highest BCUT2D eigenvalue weighted by Gasteiger charge is 2.30. The molecule has 2 aromatic carbocycles. The molecular formula is C17H18F3NO2. The third-order valence-electron chi connectivity index (χ3n) is 2.85. The molecule has 124 valence electrons. The van der Waals surface area contributed by atoms with E-state index in [4.69, 9.17) is 10.5 Å². The first-order chi connectivity index (χ1) is 10.5. The Kier molecular flexibility index (Phi) is 4.45. The molecule has 6 heteroatoms. The van der Waals surface area contributed by atoms with Crippen molar-refractivity contribution in [3.05, 3.63) is 42.5 Å².